The predicted molar refractivity (Wildman–Crippen MR) is 76.2 cm³/mol. The summed E-state index contributed by atoms with van der Waals surface area (Å²) in [4.78, 5) is 14.2. The van der Waals surface area contributed by atoms with Crippen LogP contribution in [0.4, 0.5) is 0 Å². The molecule has 2 nitrogen and oxygen atoms in total. The summed E-state index contributed by atoms with van der Waals surface area (Å²) in [6.07, 6.45) is 0. The zero-order chi connectivity index (χ0) is 13.0. The van der Waals surface area contributed by atoms with Crippen molar-refractivity contribution >= 4 is 17.1 Å². The van der Waals surface area contributed by atoms with E-state index in [4.69, 9.17) is 0 Å². The summed E-state index contributed by atoms with van der Waals surface area (Å²) in [5.41, 5.74) is 3.14. The molecule has 1 aromatic heterocycles. The number of thiophene rings is 1. The molecule has 0 saturated carbocycles. The van der Waals surface area contributed by atoms with Crippen LogP contribution in [0.1, 0.15) is 21.5 Å². The first kappa shape index (κ1) is 13.0. The lowest BCUT2D eigenvalue weighted by Crippen LogP contribution is -2.25. The van der Waals surface area contributed by atoms with Crippen molar-refractivity contribution in [2.24, 2.45) is 0 Å². The monoisotopic (exact) mass is 259 g/mol. The molecule has 0 unspecified atom stereocenters. The molecule has 0 N–H and O–H groups in total. The zero-order valence-electron chi connectivity index (χ0n) is 10.7. The lowest BCUT2D eigenvalue weighted by atomic mass is 10.0. The molecule has 0 aliphatic heterocycles. The molecule has 0 saturated heterocycles. The van der Waals surface area contributed by atoms with Crippen LogP contribution in [-0.2, 0) is 6.54 Å². The number of carbonyl (C=O) groups is 1. The molecule has 0 fully saturated rings. The highest BCUT2D eigenvalue weighted by Gasteiger charge is 2.11. The quantitative estimate of drug-likeness (QED) is 0.767. The van der Waals surface area contributed by atoms with Crippen LogP contribution in [0.5, 0.6) is 0 Å². The molecule has 0 spiro atoms. The van der Waals surface area contributed by atoms with Gasteiger partial charge in [0.05, 0.1) is 6.54 Å². The summed E-state index contributed by atoms with van der Waals surface area (Å²) >= 11 is 1.69. The lowest BCUT2D eigenvalue weighted by Gasteiger charge is -2.15. The van der Waals surface area contributed by atoms with Gasteiger partial charge in [0.25, 0.3) is 0 Å². The van der Waals surface area contributed by atoms with Crippen LogP contribution >= 0.6 is 11.3 Å². The number of nitrogens with zero attached hydrogens (tertiary/aromatic N) is 1. The van der Waals surface area contributed by atoms with E-state index in [1.165, 1.54) is 5.56 Å². The molecule has 3 heteroatoms. The standard InChI is InChI=1S/C15H17NOS/c1-12-5-3-4-6-14(12)15(17)10-16(2)9-13-7-8-18-11-13/h3-8,11H,9-10H2,1-2H3. The minimum atomic E-state index is 0.186. The smallest absolute Gasteiger partial charge is 0.177 e. The maximum Gasteiger partial charge on any atom is 0.177 e. The number of Topliss-reactive ketones (excluding diaryl/α,β-unsaturated/α-hetero) is 1. The van der Waals surface area contributed by atoms with Gasteiger partial charge in [0.2, 0.25) is 0 Å². The van der Waals surface area contributed by atoms with Crippen molar-refractivity contribution in [1.82, 2.24) is 4.90 Å². The molecule has 0 radical (unpaired) electrons. The number of hydrogen-bond acceptors (Lipinski definition) is 3. The summed E-state index contributed by atoms with van der Waals surface area (Å²) in [5, 5.41) is 4.18. The third-order valence-corrected chi connectivity index (χ3v) is 3.62. The van der Waals surface area contributed by atoms with Crippen molar-refractivity contribution in [2.45, 2.75) is 13.5 Å². The second-order valence-electron chi connectivity index (χ2n) is 4.54. The summed E-state index contributed by atoms with van der Waals surface area (Å²) < 4.78 is 0. The van der Waals surface area contributed by atoms with Crippen molar-refractivity contribution in [1.29, 1.82) is 0 Å². The summed E-state index contributed by atoms with van der Waals surface area (Å²) in [5.74, 6) is 0.186. The molecular formula is C15H17NOS. The van der Waals surface area contributed by atoms with Crippen molar-refractivity contribution in [3.8, 4) is 0 Å². The maximum atomic E-state index is 12.2. The molecule has 2 aromatic rings. The van der Waals surface area contributed by atoms with Crippen molar-refractivity contribution in [3.63, 3.8) is 0 Å². The van der Waals surface area contributed by atoms with Gasteiger partial charge in [0.15, 0.2) is 5.78 Å². The minimum Gasteiger partial charge on any atom is -0.295 e. The number of benzene rings is 1. The van der Waals surface area contributed by atoms with Crippen LogP contribution in [0.15, 0.2) is 41.1 Å². The fourth-order valence-corrected chi connectivity index (χ4v) is 2.63. The lowest BCUT2D eigenvalue weighted by molar-refractivity contribution is 0.0942. The number of likely N-dealkylation sites (N-methyl/N-ethyl adjacent to an activating group) is 1. The Morgan fingerprint density at radius 1 is 1.28 bits per heavy atom. The predicted octanol–water partition coefficient (Wildman–Crippen LogP) is 3.37. The minimum absolute atomic E-state index is 0.186. The van der Waals surface area contributed by atoms with Gasteiger partial charge in [-0.15, -0.1) is 0 Å². The van der Waals surface area contributed by atoms with E-state index in [0.29, 0.717) is 6.54 Å². The SMILES string of the molecule is Cc1ccccc1C(=O)CN(C)Cc1ccsc1. The first-order chi connectivity index (χ1) is 8.66. The fraction of sp³-hybridized carbons (Fsp3) is 0.267. The highest BCUT2D eigenvalue weighted by atomic mass is 32.1. The van der Waals surface area contributed by atoms with E-state index in [-0.39, 0.29) is 5.78 Å². The summed E-state index contributed by atoms with van der Waals surface area (Å²) in [7, 11) is 1.98. The van der Waals surface area contributed by atoms with Gasteiger partial charge >= 0.3 is 0 Å². The molecule has 0 aliphatic rings. The molecule has 0 bridgehead atoms. The van der Waals surface area contributed by atoms with E-state index in [0.717, 1.165) is 17.7 Å². The van der Waals surface area contributed by atoms with Gasteiger partial charge in [0, 0.05) is 12.1 Å². The second-order valence-corrected chi connectivity index (χ2v) is 5.32. The number of rotatable bonds is 5. The van der Waals surface area contributed by atoms with Gasteiger partial charge in [0.1, 0.15) is 0 Å². The molecule has 94 valence electrons. The molecular weight excluding hydrogens is 242 g/mol. The third-order valence-electron chi connectivity index (χ3n) is 2.89. The van der Waals surface area contributed by atoms with Crippen LogP contribution < -0.4 is 0 Å². The zero-order valence-corrected chi connectivity index (χ0v) is 11.5. The molecule has 0 atom stereocenters. The van der Waals surface area contributed by atoms with Gasteiger partial charge in [-0.1, -0.05) is 24.3 Å². The Kier molecular flexibility index (Phi) is 4.28. The first-order valence-electron chi connectivity index (χ1n) is 5.95. The molecule has 1 aromatic carbocycles. The highest BCUT2D eigenvalue weighted by molar-refractivity contribution is 7.07. The van der Waals surface area contributed by atoms with E-state index >= 15 is 0 Å². The van der Waals surface area contributed by atoms with E-state index in [1.807, 2.05) is 38.2 Å². The average Bonchev–Trinajstić information content (AvgIpc) is 2.82. The molecule has 1 heterocycles. The highest BCUT2D eigenvalue weighted by Crippen LogP contribution is 2.11. The number of aryl methyl sites for hydroxylation is 1. The largest absolute Gasteiger partial charge is 0.295 e. The van der Waals surface area contributed by atoms with Crippen molar-refractivity contribution < 1.29 is 4.79 Å². The molecule has 18 heavy (non-hydrogen) atoms. The summed E-state index contributed by atoms with van der Waals surface area (Å²) in [6.45, 7) is 3.26. The normalized spacial score (nSPS) is 10.8. The van der Waals surface area contributed by atoms with Crippen LogP contribution in [0, 0.1) is 6.92 Å². The van der Waals surface area contributed by atoms with Gasteiger partial charge in [-0.2, -0.15) is 11.3 Å². The van der Waals surface area contributed by atoms with E-state index in [9.17, 15) is 4.79 Å². The van der Waals surface area contributed by atoms with Crippen LogP contribution in [-0.4, -0.2) is 24.3 Å². The Morgan fingerprint density at radius 2 is 2.06 bits per heavy atom. The van der Waals surface area contributed by atoms with Crippen molar-refractivity contribution in [2.75, 3.05) is 13.6 Å². The number of hydrogen-bond donors (Lipinski definition) is 0. The Balaban J connectivity index is 1.97. The first-order valence-corrected chi connectivity index (χ1v) is 6.89. The van der Waals surface area contributed by atoms with E-state index < -0.39 is 0 Å². The fourth-order valence-electron chi connectivity index (χ4n) is 1.97. The summed E-state index contributed by atoms with van der Waals surface area (Å²) in [6, 6.07) is 9.85. The maximum absolute atomic E-state index is 12.2. The van der Waals surface area contributed by atoms with Crippen LogP contribution in [0.2, 0.25) is 0 Å². The van der Waals surface area contributed by atoms with Crippen LogP contribution in [0.3, 0.4) is 0 Å². The van der Waals surface area contributed by atoms with Gasteiger partial charge in [-0.05, 0) is 41.9 Å². The third kappa shape index (κ3) is 3.28. The topological polar surface area (TPSA) is 20.3 Å². The number of carbonyl (C=O) groups excluding carboxylic acids is 1. The van der Waals surface area contributed by atoms with E-state index in [1.54, 1.807) is 11.3 Å². The van der Waals surface area contributed by atoms with Gasteiger partial charge < -0.3 is 0 Å². The Labute approximate surface area is 112 Å². The molecule has 0 aliphatic carbocycles. The average molecular weight is 259 g/mol. The van der Waals surface area contributed by atoms with Gasteiger partial charge in [-0.25, -0.2) is 0 Å². The Hall–Kier alpha value is -1.45. The molecule has 2 rings (SSSR count). The molecule has 0 amide bonds. The van der Waals surface area contributed by atoms with Gasteiger partial charge in [-0.3, -0.25) is 9.69 Å². The Bertz CT molecular complexity index is 519. The van der Waals surface area contributed by atoms with Crippen molar-refractivity contribution in [3.05, 3.63) is 57.8 Å². The Morgan fingerprint density at radius 3 is 2.72 bits per heavy atom. The van der Waals surface area contributed by atoms with Crippen LogP contribution in [0.25, 0.3) is 0 Å². The number of ketones is 1. The van der Waals surface area contributed by atoms with E-state index in [2.05, 4.69) is 21.7 Å². The second kappa shape index (κ2) is 5.94.